The average Bonchev–Trinajstić information content (AvgIpc) is 3.26. The third-order valence-electron chi connectivity index (χ3n) is 5.26. The number of rotatable bonds is 4. The first-order chi connectivity index (χ1) is 12.2. The van der Waals surface area contributed by atoms with Gasteiger partial charge in [0, 0.05) is 32.2 Å². The predicted molar refractivity (Wildman–Crippen MR) is 95.7 cm³/mol. The summed E-state index contributed by atoms with van der Waals surface area (Å²) in [6, 6.07) is 6.97. The molecule has 3 heterocycles. The standard InChI is InChI=1S/C19H25N3O3/c1-13-4-5-17-16(11-13)21-19(25-17)22-8-2-3-15(22)12-20-18(23)14-6-9-24-10-7-14/h4-5,11,14-15H,2-3,6-10,12H2,1H3,(H,20,23). The van der Waals surface area contributed by atoms with Crippen LogP contribution in [0.1, 0.15) is 31.2 Å². The first-order valence-corrected chi connectivity index (χ1v) is 9.20. The maximum atomic E-state index is 12.4. The molecular formula is C19H25N3O3. The third-order valence-corrected chi connectivity index (χ3v) is 5.26. The van der Waals surface area contributed by atoms with E-state index in [-0.39, 0.29) is 17.9 Å². The van der Waals surface area contributed by atoms with Crippen LogP contribution in [-0.4, -0.2) is 43.2 Å². The number of nitrogens with one attached hydrogen (secondary N) is 1. The van der Waals surface area contributed by atoms with Crippen LogP contribution < -0.4 is 10.2 Å². The van der Waals surface area contributed by atoms with E-state index in [1.54, 1.807) is 0 Å². The summed E-state index contributed by atoms with van der Waals surface area (Å²) in [5.74, 6) is 0.249. The summed E-state index contributed by atoms with van der Waals surface area (Å²) in [5, 5.41) is 3.13. The number of anilines is 1. The van der Waals surface area contributed by atoms with Crippen LogP contribution in [0.5, 0.6) is 0 Å². The van der Waals surface area contributed by atoms with Crippen LogP contribution >= 0.6 is 0 Å². The van der Waals surface area contributed by atoms with E-state index >= 15 is 0 Å². The van der Waals surface area contributed by atoms with E-state index in [4.69, 9.17) is 9.15 Å². The van der Waals surface area contributed by atoms with Gasteiger partial charge in [0.25, 0.3) is 6.01 Å². The summed E-state index contributed by atoms with van der Waals surface area (Å²) in [6.45, 7) is 5.00. The number of oxazole rings is 1. The van der Waals surface area contributed by atoms with Gasteiger partial charge in [-0.05, 0) is 50.3 Å². The molecule has 2 saturated heterocycles. The number of aryl methyl sites for hydroxylation is 1. The zero-order chi connectivity index (χ0) is 17.2. The molecule has 6 heteroatoms. The Kier molecular flexibility index (Phi) is 4.61. The summed E-state index contributed by atoms with van der Waals surface area (Å²) < 4.78 is 11.3. The molecule has 0 spiro atoms. The quantitative estimate of drug-likeness (QED) is 0.924. The van der Waals surface area contributed by atoms with E-state index in [0.717, 1.165) is 43.3 Å². The molecule has 2 fully saturated rings. The van der Waals surface area contributed by atoms with E-state index in [1.807, 2.05) is 18.2 Å². The number of hydrogen-bond donors (Lipinski definition) is 1. The van der Waals surface area contributed by atoms with Gasteiger partial charge in [0.15, 0.2) is 5.58 Å². The second-order valence-corrected chi connectivity index (χ2v) is 7.09. The molecule has 1 amide bonds. The number of fused-ring (bicyclic) bond motifs is 1. The summed E-state index contributed by atoms with van der Waals surface area (Å²) in [7, 11) is 0. The fraction of sp³-hybridized carbons (Fsp3) is 0.579. The Morgan fingerprint density at radius 2 is 2.16 bits per heavy atom. The van der Waals surface area contributed by atoms with E-state index in [9.17, 15) is 4.79 Å². The summed E-state index contributed by atoms with van der Waals surface area (Å²) >= 11 is 0. The molecule has 2 aromatic rings. The van der Waals surface area contributed by atoms with Crippen molar-refractivity contribution in [1.82, 2.24) is 10.3 Å². The largest absolute Gasteiger partial charge is 0.423 e. The lowest BCUT2D eigenvalue weighted by molar-refractivity contribution is -0.127. The van der Waals surface area contributed by atoms with Gasteiger partial charge in [-0.25, -0.2) is 0 Å². The SMILES string of the molecule is Cc1ccc2oc(N3CCCC3CNC(=O)C3CCOCC3)nc2c1. The highest BCUT2D eigenvalue weighted by Crippen LogP contribution is 2.28. The van der Waals surface area contributed by atoms with Gasteiger partial charge in [-0.15, -0.1) is 0 Å². The third kappa shape index (κ3) is 3.49. The molecule has 1 aromatic carbocycles. The van der Waals surface area contributed by atoms with Crippen LogP contribution in [0, 0.1) is 12.8 Å². The molecule has 1 aromatic heterocycles. The molecule has 6 nitrogen and oxygen atoms in total. The highest BCUT2D eigenvalue weighted by atomic mass is 16.5. The zero-order valence-corrected chi connectivity index (χ0v) is 14.7. The van der Waals surface area contributed by atoms with E-state index in [2.05, 4.69) is 22.1 Å². The number of benzene rings is 1. The minimum atomic E-state index is 0.0934. The van der Waals surface area contributed by atoms with Crippen molar-refractivity contribution in [2.75, 3.05) is 31.2 Å². The summed E-state index contributed by atoms with van der Waals surface area (Å²) in [5.41, 5.74) is 2.89. The van der Waals surface area contributed by atoms with Crippen LogP contribution in [0.2, 0.25) is 0 Å². The van der Waals surface area contributed by atoms with Crippen molar-refractivity contribution in [3.8, 4) is 0 Å². The molecule has 0 saturated carbocycles. The lowest BCUT2D eigenvalue weighted by atomic mass is 9.99. The van der Waals surface area contributed by atoms with Crippen molar-refractivity contribution < 1.29 is 13.9 Å². The minimum absolute atomic E-state index is 0.0934. The lowest BCUT2D eigenvalue weighted by Crippen LogP contribution is -2.43. The van der Waals surface area contributed by atoms with Gasteiger partial charge in [0.1, 0.15) is 5.52 Å². The van der Waals surface area contributed by atoms with Gasteiger partial charge in [0.05, 0.1) is 6.04 Å². The smallest absolute Gasteiger partial charge is 0.298 e. The predicted octanol–water partition coefficient (Wildman–Crippen LogP) is 2.65. The highest BCUT2D eigenvalue weighted by Gasteiger charge is 2.30. The van der Waals surface area contributed by atoms with Crippen molar-refractivity contribution in [1.29, 1.82) is 0 Å². The van der Waals surface area contributed by atoms with Crippen molar-refractivity contribution in [2.24, 2.45) is 5.92 Å². The van der Waals surface area contributed by atoms with Gasteiger partial charge < -0.3 is 19.4 Å². The van der Waals surface area contributed by atoms with E-state index in [1.165, 1.54) is 5.56 Å². The number of nitrogens with zero attached hydrogens (tertiary/aromatic N) is 2. The molecule has 2 aliphatic heterocycles. The second-order valence-electron chi connectivity index (χ2n) is 7.09. The molecule has 1 unspecified atom stereocenters. The topological polar surface area (TPSA) is 67.6 Å². The first-order valence-electron chi connectivity index (χ1n) is 9.20. The maximum Gasteiger partial charge on any atom is 0.298 e. The van der Waals surface area contributed by atoms with Crippen molar-refractivity contribution in [3.63, 3.8) is 0 Å². The summed E-state index contributed by atoms with van der Waals surface area (Å²) in [4.78, 5) is 19.2. The molecule has 1 atom stereocenters. The number of carbonyl (C=O) groups is 1. The number of hydrogen-bond acceptors (Lipinski definition) is 5. The second kappa shape index (κ2) is 7.04. The Bertz CT molecular complexity index is 751. The number of amides is 1. The molecule has 134 valence electrons. The van der Waals surface area contributed by atoms with Crippen LogP contribution in [0.3, 0.4) is 0 Å². The number of carbonyl (C=O) groups excluding carboxylic acids is 1. The fourth-order valence-electron chi connectivity index (χ4n) is 3.77. The Hall–Kier alpha value is -2.08. The monoisotopic (exact) mass is 343 g/mol. The molecule has 4 rings (SSSR count). The molecule has 1 N–H and O–H groups in total. The van der Waals surface area contributed by atoms with Crippen molar-refractivity contribution >= 4 is 23.0 Å². The van der Waals surface area contributed by atoms with Gasteiger partial charge in [-0.2, -0.15) is 4.98 Å². The van der Waals surface area contributed by atoms with Gasteiger partial charge >= 0.3 is 0 Å². The van der Waals surface area contributed by atoms with Crippen LogP contribution in [0.15, 0.2) is 22.6 Å². The molecule has 0 radical (unpaired) electrons. The van der Waals surface area contributed by atoms with Crippen LogP contribution in [-0.2, 0) is 9.53 Å². The molecule has 2 aliphatic rings. The number of aromatic nitrogens is 1. The Labute approximate surface area is 147 Å². The van der Waals surface area contributed by atoms with Crippen LogP contribution in [0.4, 0.5) is 6.01 Å². The lowest BCUT2D eigenvalue weighted by Gasteiger charge is -2.25. The maximum absolute atomic E-state index is 12.4. The van der Waals surface area contributed by atoms with Crippen LogP contribution in [0.25, 0.3) is 11.1 Å². The number of ether oxygens (including phenoxy) is 1. The molecule has 0 aliphatic carbocycles. The fourth-order valence-corrected chi connectivity index (χ4v) is 3.77. The van der Waals surface area contributed by atoms with E-state index in [0.29, 0.717) is 25.8 Å². The Morgan fingerprint density at radius 1 is 1.32 bits per heavy atom. The van der Waals surface area contributed by atoms with Gasteiger partial charge in [0.2, 0.25) is 5.91 Å². The highest BCUT2D eigenvalue weighted by molar-refractivity contribution is 5.79. The summed E-state index contributed by atoms with van der Waals surface area (Å²) in [6.07, 6.45) is 3.79. The zero-order valence-electron chi connectivity index (χ0n) is 14.7. The first kappa shape index (κ1) is 16.4. The van der Waals surface area contributed by atoms with Crippen molar-refractivity contribution in [2.45, 2.75) is 38.6 Å². The average molecular weight is 343 g/mol. The van der Waals surface area contributed by atoms with Gasteiger partial charge in [-0.1, -0.05) is 6.07 Å². The molecular weight excluding hydrogens is 318 g/mol. The van der Waals surface area contributed by atoms with E-state index < -0.39 is 0 Å². The minimum Gasteiger partial charge on any atom is -0.423 e. The Balaban J connectivity index is 1.41. The Morgan fingerprint density at radius 3 is 3.00 bits per heavy atom. The van der Waals surface area contributed by atoms with Gasteiger partial charge in [-0.3, -0.25) is 4.79 Å². The van der Waals surface area contributed by atoms with Crippen molar-refractivity contribution in [3.05, 3.63) is 23.8 Å². The molecule has 25 heavy (non-hydrogen) atoms. The molecule has 0 bridgehead atoms. The normalized spacial score (nSPS) is 21.8.